The summed E-state index contributed by atoms with van der Waals surface area (Å²) in [6.45, 7) is 1.85. The molecule has 2 rings (SSSR count). The van der Waals surface area contributed by atoms with Gasteiger partial charge in [-0.1, -0.05) is 6.07 Å². The third kappa shape index (κ3) is 3.96. The summed E-state index contributed by atoms with van der Waals surface area (Å²) in [6.07, 6.45) is 3.49. The summed E-state index contributed by atoms with van der Waals surface area (Å²) in [7, 11) is 3.95. The molecule has 1 atom stereocenters. The number of nitrogens with one attached hydrogen (secondary N) is 2. The number of amides is 1. The smallest absolute Gasteiger partial charge is 0.251 e. The molecule has 1 aliphatic rings. The molecule has 1 amide bonds. The molecular formula is C15H23N3O. The first-order valence-electron chi connectivity index (χ1n) is 6.96. The maximum atomic E-state index is 12.0. The van der Waals surface area contributed by atoms with E-state index in [9.17, 15) is 4.79 Å². The first-order valence-corrected chi connectivity index (χ1v) is 6.96. The highest BCUT2D eigenvalue weighted by molar-refractivity contribution is 5.95. The molecule has 0 aliphatic carbocycles. The van der Waals surface area contributed by atoms with Crippen LogP contribution in [0.1, 0.15) is 29.6 Å². The summed E-state index contributed by atoms with van der Waals surface area (Å²) in [4.78, 5) is 14.0. The first-order chi connectivity index (χ1) is 9.16. The van der Waals surface area contributed by atoms with Gasteiger partial charge < -0.3 is 15.5 Å². The van der Waals surface area contributed by atoms with Crippen molar-refractivity contribution in [3.05, 3.63) is 29.8 Å². The largest absolute Gasteiger partial charge is 0.378 e. The molecule has 19 heavy (non-hydrogen) atoms. The minimum absolute atomic E-state index is 0.0155. The summed E-state index contributed by atoms with van der Waals surface area (Å²) in [5.74, 6) is 0.0155. The Hall–Kier alpha value is -1.55. The predicted molar refractivity (Wildman–Crippen MR) is 78.7 cm³/mol. The fraction of sp³-hybridized carbons (Fsp3) is 0.533. The van der Waals surface area contributed by atoms with Gasteiger partial charge in [-0.2, -0.15) is 0 Å². The highest BCUT2D eigenvalue weighted by atomic mass is 16.1. The van der Waals surface area contributed by atoms with Gasteiger partial charge in [0.2, 0.25) is 0 Å². The highest BCUT2D eigenvalue weighted by Crippen LogP contribution is 2.13. The highest BCUT2D eigenvalue weighted by Gasteiger charge is 2.14. The van der Waals surface area contributed by atoms with Crippen molar-refractivity contribution in [2.24, 2.45) is 0 Å². The van der Waals surface area contributed by atoms with E-state index in [2.05, 4.69) is 10.6 Å². The molecule has 0 spiro atoms. The molecule has 1 saturated heterocycles. The molecule has 0 unspecified atom stereocenters. The second kappa shape index (κ2) is 6.57. The monoisotopic (exact) mass is 261 g/mol. The average Bonchev–Trinajstić information content (AvgIpc) is 2.92. The van der Waals surface area contributed by atoms with Crippen LogP contribution in [0.4, 0.5) is 5.69 Å². The molecule has 4 heteroatoms. The molecule has 0 aromatic heterocycles. The molecular weight excluding hydrogens is 238 g/mol. The molecule has 1 aromatic carbocycles. The lowest BCUT2D eigenvalue weighted by molar-refractivity contribution is 0.0952. The van der Waals surface area contributed by atoms with Gasteiger partial charge in [0.25, 0.3) is 5.91 Å². The van der Waals surface area contributed by atoms with Gasteiger partial charge in [0, 0.05) is 37.9 Å². The van der Waals surface area contributed by atoms with Crippen molar-refractivity contribution < 1.29 is 4.79 Å². The Morgan fingerprint density at radius 1 is 1.47 bits per heavy atom. The molecule has 0 saturated carbocycles. The van der Waals surface area contributed by atoms with Crippen molar-refractivity contribution in [3.8, 4) is 0 Å². The van der Waals surface area contributed by atoms with Crippen molar-refractivity contribution in [1.29, 1.82) is 0 Å². The first kappa shape index (κ1) is 13.9. The molecule has 104 valence electrons. The Kier molecular flexibility index (Phi) is 4.80. The molecule has 1 fully saturated rings. The number of benzene rings is 1. The Bertz CT molecular complexity index is 425. The van der Waals surface area contributed by atoms with Crippen LogP contribution in [0.15, 0.2) is 24.3 Å². The quantitative estimate of drug-likeness (QED) is 0.846. The maximum Gasteiger partial charge on any atom is 0.251 e. The summed E-state index contributed by atoms with van der Waals surface area (Å²) in [5, 5.41) is 6.43. The van der Waals surface area contributed by atoms with Crippen LogP contribution in [0.5, 0.6) is 0 Å². The van der Waals surface area contributed by atoms with Crippen molar-refractivity contribution in [2.75, 3.05) is 32.1 Å². The number of rotatable bonds is 5. The third-order valence-electron chi connectivity index (χ3n) is 3.57. The fourth-order valence-corrected chi connectivity index (χ4v) is 2.39. The van der Waals surface area contributed by atoms with E-state index in [1.54, 1.807) is 0 Å². The molecule has 2 N–H and O–H groups in total. The van der Waals surface area contributed by atoms with Crippen molar-refractivity contribution in [1.82, 2.24) is 10.6 Å². The van der Waals surface area contributed by atoms with Crippen LogP contribution in [-0.2, 0) is 0 Å². The number of nitrogens with zero attached hydrogens (tertiary/aromatic N) is 1. The van der Waals surface area contributed by atoms with Gasteiger partial charge in [0.15, 0.2) is 0 Å². The van der Waals surface area contributed by atoms with Gasteiger partial charge >= 0.3 is 0 Å². The zero-order valence-electron chi connectivity index (χ0n) is 11.8. The minimum Gasteiger partial charge on any atom is -0.378 e. The van der Waals surface area contributed by atoms with Crippen LogP contribution in [0.2, 0.25) is 0 Å². The number of hydrogen-bond donors (Lipinski definition) is 2. The van der Waals surface area contributed by atoms with E-state index in [0.29, 0.717) is 6.04 Å². The molecule has 1 aromatic rings. The fourth-order valence-electron chi connectivity index (χ4n) is 2.39. The summed E-state index contributed by atoms with van der Waals surface area (Å²) < 4.78 is 0. The van der Waals surface area contributed by atoms with Gasteiger partial charge in [-0.15, -0.1) is 0 Å². The number of hydrogen-bond acceptors (Lipinski definition) is 3. The standard InChI is InChI=1S/C15H23N3O/c1-18(2)14-7-3-5-12(11-14)15(19)17-10-8-13-6-4-9-16-13/h3,5,7,11,13,16H,4,6,8-10H2,1-2H3,(H,17,19)/t13-/m1/s1. The molecule has 0 radical (unpaired) electrons. The molecule has 1 heterocycles. The second-order valence-corrected chi connectivity index (χ2v) is 5.28. The van der Waals surface area contributed by atoms with Crippen molar-refractivity contribution in [2.45, 2.75) is 25.3 Å². The minimum atomic E-state index is 0.0155. The molecule has 4 nitrogen and oxygen atoms in total. The lowest BCUT2D eigenvalue weighted by atomic mass is 10.1. The van der Waals surface area contributed by atoms with E-state index in [-0.39, 0.29) is 5.91 Å². The van der Waals surface area contributed by atoms with Crippen LogP contribution in [0.3, 0.4) is 0 Å². The zero-order chi connectivity index (χ0) is 13.7. The maximum absolute atomic E-state index is 12.0. The van der Waals surface area contributed by atoms with Crippen molar-refractivity contribution in [3.63, 3.8) is 0 Å². The summed E-state index contributed by atoms with van der Waals surface area (Å²) in [6, 6.07) is 8.27. The third-order valence-corrected chi connectivity index (χ3v) is 3.57. The van der Waals surface area contributed by atoms with Crippen LogP contribution in [0, 0.1) is 0 Å². The van der Waals surface area contributed by atoms with Gasteiger partial charge in [0.05, 0.1) is 0 Å². The van der Waals surface area contributed by atoms with Crippen molar-refractivity contribution >= 4 is 11.6 Å². The van der Waals surface area contributed by atoms with Gasteiger partial charge in [-0.25, -0.2) is 0 Å². The van der Waals surface area contributed by atoms with Crippen LogP contribution in [0.25, 0.3) is 0 Å². The van der Waals surface area contributed by atoms with Gasteiger partial charge in [-0.3, -0.25) is 4.79 Å². The van der Waals surface area contributed by atoms with Crippen LogP contribution < -0.4 is 15.5 Å². The number of carbonyl (C=O) groups excluding carboxylic acids is 1. The van der Waals surface area contributed by atoms with E-state index in [1.165, 1.54) is 12.8 Å². The normalized spacial score (nSPS) is 18.3. The van der Waals surface area contributed by atoms with E-state index in [1.807, 2.05) is 43.3 Å². The van der Waals surface area contributed by atoms with Crippen LogP contribution >= 0.6 is 0 Å². The lowest BCUT2D eigenvalue weighted by Crippen LogP contribution is -2.30. The van der Waals surface area contributed by atoms with Gasteiger partial charge in [0.1, 0.15) is 0 Å². The number of anilines is 1. The Morgan fingerprint density at radius 2 is 2.32 bits per heavy atom. The van der Waals surface area contributed by atoms with Gasteiger partial charge in [-0.05, 0) is 44.0 Å². The van der Waals surface area contributed by atoms with E-state index < -0.39 is 0 Å². The SMILES string of the molecule is CN(C)c1cccc(C(=O)NCC[C@H]2CCCN2)c1. The predicted octanol–water partition coefficient (Wildman–Crippen LogP) is 1.62. The summed E-state index contributed by atoms with van der Waals surface area (Å²) >= 11 is 0. The molecule has 1 aliphatic heterocycles. The van der Waals surface area contributed by atoms with E-state index in [4.69, 9.17) is 0 Å². The Morgan fingerprint density at radius 3 is 3.00 bits per heavy atom. The average molecular weight is 261 g/mol. The van der Waals surface area contributed by atoms with Crippen LogP contribution in [-0.4, -0.2) is 39.1 Å². The lowest BCUT2D eigenvalue weighted by Gasteiger charge is -2.14. The Balaban J connectivity index is 1.83. The zero-order valence-corrected chi connectivity index (χ0v) is 11.8. The summed E-state index contributed by atoms with van der Waals surface area (Å²) in [5.41, 5.74) is 1.77. The second-order valence-electron chi connectivity index (χ2n) is 5.28. The Labute approximate surface area is 115 Å². The van der Waals surface area contributed by atoms with E-state index in [0.717, 1.165) is 30.8 Å². The van der Waals surface area contributed by atoms with E-state index >= 15 is 0 Å². The number of carbonyl (C=O) groups is 1. The topological polar surface area (TPSA) is 44.4 Å². The molecule has 0 bridgehead atoms.